The van der Waals surface area contributed by atoms with Crippen LogP contribution < -0.4 is 15.1 Å². The van der Waals surface area contributed by atoms with Crippen LogP contribution in [-0.2, 0) is 14.3 Å². The predicted octanol–water partition coefficient (Wildman–Crippen LogP) is 2.66. The first-order valence-corrected chi connectivity index (χ1v) is 10.8. The fourth-order valence-electron chi connectivity index (χ4n) is 3.39. The average molecular weight is 423 g/mol. The molecular weight excluding hydrogens is 392 g/mol. The van der Waals surface area contributed by atoms with Gasteiger partial charge in [0.05, 0.1) is 11.9 Å². The van der Waals surface area contributed by atoms with Crippen molar-refractivity contribution in [2.45, 2.75) is 56.2 Å². The van der Waals surface area contributed by atoms with Crippen molar-refractivity contribution in [3.05, 3.63) is 12.3 Å². The Bertz CT molecular complexity index is 761. The van der Waals surface area contributed by atoms with E-state index in [1.54, 1.807) is 38.9 Å². The number of thioether (sulfide) groups is 1. The maximum atomic E-state index is 12.9. The molecular formula is C20H30N4O4S. The molecule has 0 aliphatic carbocycles. The van der Waals surface area contributed by atoms with E-state index in [-0.39, 0.29) is 5.91 Å². The van der Waals surface area contributed by atoms with Gasteiger partial charge in [0.1, 0.15) is 17.5 Å². The van der Waals surface area contributed by atoms with Crippen molar-refractivity contribution < 1.29 is 19.1 Å². The third-order valence-electron chi connectivity index (χ3n) is 5.02. The number of carbonyl (C=O) groups excluding carboxylic acids is 2. The number of ether oxygens (including phenoxy) is 2. The summed E-state index contributed by atoms with van der Waals surface area (Å²) in [6, 6.07) is 1.75. The lowest BCUT2D eigenvalue weighted by Crippen LogP contribution is -2.49. The normalized spacial score (nSPS) is 20.7. The molecule has 0 bridgehead atoms. The Morgan fingerprint density at radius 1 is 1.38 bits per heavy atom. The summed E-state index contributed by atoms with van der Waals surface area (Å²) in [5, 5.41) is 2.70. The Balaban J connectivity index is 1.74. The average Bonchev–Trinajstić information content (AvgIpc) is 2.78. The molecule has 1 aromatic heterocycles. The fraction of sp³-hybridized carbons (Fsp3) is 0.650. The third-order valence-corrected chi connectivity index (χ3v) is 6.16. The number of alkyl carbamates (subject to hydrolysis) is 1. The number of hydrogen-bond donors (Lipinski definition) is 1. The van der Waals surface area contributed by atoms with E-state index in [4.69, 9.17) is 9.47 Å². The van der Waals surface area contributed by atoms with E-state index in [9.17, 15) is 9.59 Å². The van der Waals surface area contributed by atoms with Crippen LogP contribution in [0.15, 0.2) is 17.2 Å². The minimum absolute atomic E-state index is 0.186. The Hall–Kier alpha value is -2.00. The van der Waals surface area contributed by atoms with E-state index in [0.29, 0.717) is 11.8 Å². The monoisotopic (exact) mass is 422 g/mol. The van der Waals surface area contributed by atoms with Gasteiger partial charge in [-0.2, -0.15) is 0 Å². The lowest BCUT2D eigenvalue weighted by atomic mass is 10.1. The summed E-state index contributed by atoms with van der Waals surface area (Å²) in [6.07, 6.45) is 3.10. The molecule has 9 heteroatoms. The van der Waals surface area contributed by atoms with Crippen LogP contribution in [0, 0.1) is 0 Å². The topological polar surface area (TPSA) is 84.0 Å². The third kappa shape index (κ3) is 5.33. The Morgan fingerprint density at radius 2 is 2.07 bits per heavy atom. The van der Waals surface area contributed by atoms with E-state index in [1.807, 2.05) is 13.1 Å². The molecule has 1 saturated heterocycles. The number of hydrogen-bond acceptors (Lipinski definition) is 7. The molecule has 1 atom stereocenters. The van der Waals surface area contributed by atoms with E-state index in [0.717, 1.165) is 42.5 Å². The van der Waals surface area contributed by atoms with Gasteiger partial charge in [-0.15, -0.1) is 11.8 Å². The number of carbonyl (C=O) groups is 2. The van der Waals surface area contributed by atoms with Crippen molar-refractivity contribution >= 4 is 35.3 Å². The van der Waals surface area contributed by atoms with Gasteiger partial charge in [-0.3, -0.25) is 4.79 Å². The van der Waals surface area contributed by atoms with E-state index in [1.165, 1.54) is 11.8 Å². The highest BCUT2D eigenvalue weighted by Crippen LogP contribution is 2.36. The SMILES string of the molecule is CN1C(=O)[C@@H](NC(=O)OC(C)(C)C)CSc2cc(N(C)C3CCOCC3)ncc21. The van der Waals surface area contributed by atoms with Crippen molar-refractivity contribution in [2.75, 3.05) is 42.9 Å². The number of rotatable bonds is 3. The molecule has 0 aromatic carbocycles. The Kier molecular flexibility index (Phi) is 6.58. The molecule has 0 spiro atoms. The molecule has 0 unspecified atom stereocenters. The Labute approximate surface area is 176 Å². The highest BCUT2D eigenvalue weighted by molar-refractivity contribution is 7.99. The van der Waals surface area contributed by atoms with Gasteiger partial charge in [0.2, 0.25) is 5.91 Å². The molecule has 0 radical (unpaired) electrons. The number of amides is 2. The van der Waals surface area contributed by atoms with E-state index < -0.39 is 17.7 Å². The second-order valence-electron chi connectivity index (χ2n) is 8.37. The fourth-order valence-corrected chi connectivity index (χ4v) is 4.49. The highest BCUT2D eigenvalue weighted by atomic mass is 32.2. The molecule has 3 rings (SSSR count). The van der Waals surface area contributed by atoms with E-state index in [2.05, 4.69) is 15.2 Å². The van der Waals surface area contributed by atoms with Crippen LogP contribution in [0.3, 0.4) is 0 Å². The number of likely N-dealkylation sites (N-methyl/N-ethyl adjacent to an activating group) is 1. The summed E-state index contributed by atoms with van der Waals surface area (Å²) >= 11 is 1.54. The molecule has 1 aromatic rings. The number of pyridine rings is 1. The van der Waals surface area contributed by atoms with Crippen LogP contribution in [0.25, 0.3) is 0 Å². The number of anilines is 2. The largest absolute Gasteiger partial charge is 0.444 e. The Morgan fingerprint density at radius 3 is 2.72 bits per heavy atom. The lowest BCUT2D eigenvalue weighted by Gasteiger charge is -2.32. The zero-order valence-corrected chi connectivity index (χ0v) is 18.5. The number of nitrogens with one attached hydrogen (secondary N) is 1. The minimum Gasteiger partial charge on any atom is -0.444 e. The van der Waals surface area contributed by atoms with Crippen LogP contribution in [0.5, 0.6) is 0 Å². The molecule has 0 saturated carbocycles. The molecule has 8 nitrogen and oxygen atoms in total. The van der Waals surface area contributed by atoms with Crippen LogP contribution >= 0.6 is 11.8 Å². The molecule has 160 valence electrons. The molecule has 29 heavy (non-hydrogen) atoms. The van der Waals surface area contributed by atoms with Gasteiger partial charge in [-0.25, -0.2) is 9.78 Å². The second-order valence-corrected chi connectivity index (χ2v) is 9.43. The standard InChI is InChI=1S/C20H30N4O4S/c1-20(2,3)28-19(26)22-14-12-29-16-10-17(21-11-15(16)24(5)18(14)25)23(4)13-6-8-27-9-7-13/h10-11,13-14H,6-9,12H2,1-5H3,(H,22,26)/t14-/m0/s1. The number of aromatic nitrogens is 1. The molecule has 3 heterocycles. The maximum Gasteiger partial charge on any atom is 0.408 e. The van der Waals surface area contributed by atoms with Crippen LogP contribution in [0.4, 0.5) is 16.3 Å². The predicted molar refractivity (Wildman–Crippen MR) is 114 cm³/mol. The van der Waals surface area contributed by atoms with Crippen molar-refractivity contribution in [3.8, 4) is 0 Å². The summed E-state index contributed by atoms with van der Waals surface area (Å²) in [5.41, 5.74) is 0.130. The molecule has 1 fully saturated rings. The van der Waals surface area contributed by atoms with Gasteiger partial charge >= 0.3 is 6.09 Å². The smallest absolute Gasteiger partial charge is 0.408 e. The van der Waals surface area contributed by atoms with Crippen molar-refractivity contribution in [3.63, 3.8) is 0 Å². The molecule has 2 amide bonds. The first kappa shape index (κ1) is 21.7. The summed E-state index contributed by atoms with van der Waals surface area (Å²) in [6.45, 7) is 6.91. The zero-order valence-electron chi connectivity index (χ0n) is 17.7. The van der Waals surface area contributed by atoms with Crippen molar-refractivity contribution in [1.82, 2.24) is 10.3 Å². The lowest BCUT2D eigenvalue weighted by molar-refractivity contribution is -0.119. The highest BCUT2D eigenvalue weighted by Gasteiger charge is 2.32. The maximum absolute atomic E-state index is 12.9. The van der Waals surface area contributed by atoms with Gasteiger partial charge in [0.25, 0.3) is 0 Å². The van der Waals surface area contributed by atoms with Gasteiger partial charge in [0, 0.05) is 44.0 Å². The van der Waals surface area contributed by atoms with E-state index >= 15 is 0 Å². The van der Waals surface area contributed by atoms with Crippen LogP contribution in [0.1, 0.15) is 33.6 Å². The first-order valence-electron chi connectivity index (χ1n) is 9.86. The molecule has 2 aliphatic rings. The molecule has 2 aliphatic heterocycles. The van der Waals surface area contributed by atoms with Crippen molar-refractivity contribution in [2.24, 2.45) is 0 Å². The molecule has 1 N–H and O–H groups in total. The van der Waals surface area contributed by atoms with Crippen LogP contribution in [0.2, 0.25) is 0 Å². The number of nitrogens with zero attached hydrogens (tertiary/aromatic N) is 3. The first-order chi connectivity index (χ1) is 13.7. The summed E-state index contributed by atoms with van der Waals surface area (Å²) < 4.78 is 10.8. The van der Waals surface area contributed by atoms with Gasteiger partial charge < -0.3 is 24.6 Å². The van der Waals surface area contributed by atoms with Gasteiger partial charge in [-0.1, -0.05) is 0 Å². The second kappa shape index (κ2) is 8.79. The number of fused-ring (bicyclic) bond motifs is 1. The van der Waals surface area contributed by atoms with Crippen molar-refractivity contribution in [1.29, 1.82) is 0 Å². The van der Waals surface area contributed by atoms with Gasteiger partial charge in [0.15, 0.2) is 0 Å². The minimum atomic E-state index is -0.663. The quantitative estimate of drug-likeness (QED) is 0.802. The van der Waals surface area contributed by atoms with Gasteiger partial charge in [-0.05, 0) is 39.7 Å². The summed E-state index contributed by atoms with van der Waals surface area (Å²) in [4.78, 5) is 34.3. The summed E-state index contributed by atoms with van der Waals surface area (Å²) in [5.74, 6) is 1.12. The van der Waals surface area contributed by atoms with Crippen LogP contribution in [-0.4, -0.2) is 67.7 Å². The summed E-state index contributed by atoms with van der Waals surface area (Å²) in [7, 11) is 3.76. The zero-order chi connectivity index (χ0) is 21.2.